The van der Waals surface area contributed by atoms with E-state index in [9.17, 15) is 0 Å². The van der Waals surface area contributed by atoms with Crippen molar-refractivity contribution in [2.75, 3.05) is 0 Å². The van der Waals surface area contributed by atoms with Crippen LogP contribution < -0.4 is 0 Å². The molecule has 0 saturated carbocycles. The zero-order chi connectivity index (χ0) is 9.30. The second kappa shape index (κ2) is 3.80. The van der Waals surface area contributed by atoms with Crippen LogP contribution in [-0.4, -0.2) is 0 Å². The Kier molecular flexibility index (Phi) is 3.19. The zero-order valence-corrected chi connectivity index (χ0v) is 9.59. The third-order valence-corrected chi connectivity index (χ3v) is 3.49. The second-order valence-electron chi connectivity index (χ2n) is 3.68. The summed E-state index contributed by atoms with van der Waals surface area (Å²) < 4.78 is 0.919. The fraction of sp³-hybridized carbons (Fsp3) is 0.600. The first-order valence-corrected chi connectivity index (χ1v) is 5.51. The van der Waals surface area contributed by atoms with Gasteiger partial charge < -0.3 is 0 Å². The molecule has 0 aliphatic rings. The molecule has 0 N–H and O–H groups in total. The number of thiophene rings is 1. The maximum Gasteiger partial charge on any atom is 0.0934 e. The molecule has 1 aromatic heterocycles. The second-order valence-corrected chi connectivity index (χ2v) is 5.39. The van der Waals surface area contributed by atoms with Crippen LogP contribution in [0.15, 0.2) is 6.07 Å². The smallest absolute Gasteiger partial charge is 0.0934 e. The Morgan fingerprint density at radius 1 is 1.17 bits per heavy atom. The largest absolute Gasteiger partial charge is 0.128 e. The maximum atomic E-state index is 5.97. The van der Waals surface area contributed by atoms with E-state index in [0.29, 0.717) is 11.8 Å². The fourth-order valence-electron chi connectivity index (χ4n) is 1.29. The van der Waals surface area contributed by atoms with Crippen LogP contribution in [0, 0.1) is 0 Å². The van der Waals surface area contributed by atoms with E-state index in [1.54, 1.807) is 11.3 Å². The third-order valence-electron chi connectivity index (χ3n) is 1.91. The molecule has 0 nitrogen and oxygen atoms in total. The van der Waals surface area contributed by atoms with Gasteiger partial charge in [0.25, 0.3) is 0 Å². The Labute approximate surface area is 83.6 Å². The molecule has 0 aliphatic carbocycles. The van der Waals surface area contributed by atoms with Crippen molar-refractivity contribution in [3.8, 4) is 0 Å². The Morgan fingerprint density at radius 2 is 1.75 bits per heavy atom. The summed E-state index contributed by atoms with van der Waals surface area (Å²) in [7, 11) is 0. The summed E-state index contributed by atoms with van der Waals surface area (Å²) in [6, 6.07) is 2.10. The van der Waals surface area contributed by atoms with Gasteiger partial charge in [-0.25, -0.2) is 0 Å². The Morgan fingerprint density at radius 3 is 2.08 bits per heavy atom. The molecule has 0 spiro atoms. The normalized spacial score (nSPS) is 11.6. The maximum absolute atomic E-state index is 5.97. The number of halogens is 1. The highest BCUT2D eigenvalue weighted by molar-refractivity contribution is 7.16. The third kappa shape index (κ3) is 2.02. The minimum Gasteiger partial charge on any atom is -0.128 e. The van der Waals surface area contributed by atoms with Crippen LogP contribution in [-0.2, 0) is 0 Å². The predicted octanol–water partition coefficient (Wildman–Crippen LogP) is 4.65. The average molecular weight is 203 g/mol. The van der Waals surface area contributed by atoms with Gasteiger partial charge in [-0.1, -0.05) is 39.3 Å². The van der Waals surface area contributed by atoms with Crippen LogP contribution in [0.3, 0.4) is 0 Å². The summed E-state index contributed by atoms with van der Waals surface area (Å²) in [6.07, 6.45) is 0. The molecular weight excluding hydrogens is 188 g/mol. The minimum atomic E-state index is 0.589. The fourth-order valence-corrected chi connectivity index (χ4v) is 2.70. The minimum absolute atomic E-state index is 0.589. The van der Waals surface area contributed by atoms with Gasteiger partial charge in [0.2, 0.25) is 0 Å². The molecule has 1 heterocycles. The monoisotopic (exact) mass is 202 g/mol. The number of rotatable bonds is 2. The molecule has 0 amide bonds. The van der Waals surface area contributed by atoms with Crippen molar-refractivity contribution in [3.63, 3.8) is 0 Å². The van der Waals surface area contributed by atoms with E-state index in [-0.39, 0.29) is 0 Å². The first kappa shape index (κ1) is 10.1. The van der Waals surface area contributed by atoms with Gasteiger partial charge in [-0.15, -0.1) is 11.3 Å². The average Bonchev–Trinajstić information content (AvgIpc) is 2.31. The standard InChI is InChI=1S/C10H15ClS/c1-6(2)8-5-9(11)12-10(8)7(3)4/h5-7H,1-4H3. The molecule has 1 rings (SSSR count). The predicted molar refractivity (Wildman–Crippen MR) is 57.5 cm³/mol. The summed E-state index contributed by atoms with van der Waals surface area (Å²) in [5, 5.41) is 0. The van der Waals surface area contributed by atoms with Gasteiger partial charge in [0.15, 0.2) is 0 Å². The van der Waals surface area contributed by atoms with Crippen LogP contribution in [0.2, 0.25) is 4.34 Å². The first-order valence-electron chi connectivity index (χ1n) is 4.31. The van der Waals surface area contributed by atoms with Crippen LogP contribution in [0.5, 0.6) is 0 Å². The molecule has 2 heteroatoms. The Bertz CT molecular complexity index is 235. The highest BCUT2D eigenvalue weighted by Gasteiger charge is 2.13. The van der Waals surface area contributed by atoms with E-state index in [4.69, 9.17) is 11.6 Å². The highest BCUT2D eigenvalue weighted by Crippen LogP contribution is 2.36. The molecular formula is C10H15ClS. The molecule has 0 aromatic carbocycles. The molecule has 0 radical (unpaired) electrons. The van der Waals surface area contributed by atoms with Crippen LogP contribution in [0.25, 0.3) is 0 Å². The van der Waals surface area contributed by atoms with Gasteiger partial charge in [-0.3, -0.25) is 0 Å². The molecule has 0 fully saturated rings. The van der Waals surface area contributed by atoms with Crippen molar-refractivity contribution in [1.29, 1.82) is 0 Å². The summed E-state index contributed by atoms with van der Waals surface area (Å²) in [5.41, 5.74) is 1.42. The van der Waals surface area contributed by atoms with Crippen molar-refractivity contribution < 1.29 is 0 Å². The summed E-state index contributed by atoms with van der Waals surface area (Å²) >= 11 is 7.69. The van der Waals surface area contributed by atoms with Gasteiger partial charge in [0.05, 0.1) is 4.34 Å². The van der Waals surface area contributed by atoms with Crippen molar-refractivity contribution in [2.24, 2.45) is 0 Å². The molecule has 1 aromatic rings. The first-order chi connectivity index (χ1) is 5.52. The molecule has 68 valence electrons. The van der Waals surface area contributed by atoms with Crippen LogP contribution in [0.4, 0.5) is 0 Å². The lowest BCUT2D eigenvalue weighted by molar-refractivity contribution is 0.810. The van der Waals surface area contributed by atoms with E-state index >= 15 is 0 Å². The molecule has 0 atom stereocenters. The van der Waals surface area contributed by atoms with Crippen LogP contribution >= 0.6 is 22.9 Å². The topological polar surface area (TPSA) is 0 Å². The van der Waals surface area contributed by atoms with E-state index in [0.717, 1.165) is 4.34 Å². The number of hydrogen-bond donors (Lipinski definition) is 0. The van der Waals surface area contributed by atoms with Gasteiger partial charge in [-0.2, -0.15) is 0 Å². The van der Waals surface area contributed by atoms with Gasteiger partial charge >= 0.3 is 0 Å². The molecule has 0 saturated heterocycles. The van der Waals surface area contributed by atoms with Crippen molar-refractivity contribution >= 4 is 22.9 Å². The Hall–Kier alpha value is -0.0100. The van der Waals surface area contributed by atoms with Crippen LogP contribution in [0.1, 0.15) is 50.0 Å². The van der Waals surface area contributed by atoms with Gasteiger partial charge in [0, 0.05) is 4.88 Å². The lowest BCUT2D eigenvalue weighted by Crippen LogP contribution is -1.91. The Balaban J connectivity index is 3.08. The molecule has 0 unspecified atom stereocenters. The van der Waals surface area contributed by atoms with E-state index in [1.165, 1.54) is 10.4 Å². The summed E-state index contributed by atoms with van der Waals surface area (Å²) in [6.45, 7) is 8.86. The summed E-state index contributed by atoms with van der Waals surface area (Å²) in [5.74, 6) is 1.19. The number of hydrogen-bond acceptors (Lipinski definition) is 1. The zero-order valence-electron chi connectivity index (χ0n) is 8.02. The molecule has 0 aliphatic heterocycles. The molecule has 12 heavy (non-hydrogen) atoms. The summed E-state index contributed by atoms with van der Waals surface area (Å²) in [4.78, 5) is 1.44. The van der Waals surface area contributed by atoms with Gasteiger partial charge in [0.1, 0.15) is 0 Å². The quantitative estimate of drug-likeness (QED) is 0.655. The van der Waals surface area contributed by atoms with Crippen molar-refractivity contribution in [2.45, 2.75) is 39.5 Å². The van der Waals surface area contributed by atoms with E-state index in [2.05, 4.69) is 33.8 Å². The van der Waals surface area contributed by atoms with Gasteiger partial charge in [-0.05, 0) is 23.5 Å². The highest BCUT2D eigenvalue weighted by atomic mass is 35.5. The SMILES string of the molecule is CC(C)c1cc(Cl)sc1C(C)C. The van der Waals surface area contributed by atoms with Crippen molar-refractivity contribution in [3.05, 3.63) is 20.8 Å². The van der Waals surface area contributed by atoms with E-state index in [1.807, 2.05) is 0 Å². The van der Waals surface area contributed by atoms with E-state index < -0.39 is 0 Å². The lowest BCUT2D eigenvalue weighted by Gasteiger charge is -2.08. The molecule has 0 bridgehead atoms. The lowest BCUT2D eigenvalue weighted by atomic mass is 9.99. The van der Waals surface area contributed by atoms with Crippen molar-refractivity contribution in [1.82, 2.24) is 0 Å².